The molecule has 0 unspecified atom stereocenters. The molecule has 0 fully saturated rings. The van der Waals surface area contributed by atoms with E-state index in [1.54, 1.807) is 12.1 Å². The van der Waals surface area contributed by atoms with E-state index in [9.17, 15) is 10.2 Å². The molecule has 2 aromatic rings. The van der Waals surface area contributed by atoms with Gasteiger partial charge < -0.3 is 15.5 Å². The van der Waals surface area contributed by atoms with E-state index in [0.29, 0.717) is 6.04 Å². The Labute approximate surface area is 141 Å². The van der Waals surface area contributed by atoms with Crippen LogP contribution >= 0.6 is 11.3 Å². The quantitative estimate of drug-likeness (QED) is 0.640. The summed E-state index contributed by atoms with van der Waals surface area (Å²) in [5.74, 6) is 0.270. The van der Waals surface area contributed by atoms with Crippen LogP contribution in [0, 0.1) is 0 Å². The van der Waals surface area contributed by atoms with Crippen molar-refractivity contribution in [3.05, 3.63) is 44.6 Å². The monoisotopic (exact) mass is 329 g/mol. The summed E-state index contributed by atoms with van der Waals surface area (Å²) < 4.78 is 0. The number of aryl methyl sites for hydroxylation is 1. The van der Waals surface area contributed by atoms with Gasteiger partial charge in [-0.3, -0.25) is 0 Å². The first-order chi connectivity index (χ1) is 10.8. The number of aromatic hydroxyl groups is 2. The zero-order valence-electron chi connectivity index (χ0n) is 13.8. The zero-order valence-corrected chi connectivity index (χ0v) is 14.6. The number of hydrogen-bond acceptors (Lipinski definition) is 4. The fraction of sp³-hybridized carbons (Fsp3) is 0.474. The number of phenols is 2. The zero-order chi connectivity index (χ0) is 16.4. The van der Waals surface area contributed by atoms with Crippen LogP contribution < -0.4 is 5.32 Å². The second-order valence-corrected chi connectivity index (χ2v) is 8.88. The Morgan fingerprint density at radius 1 is 1.09 bits per heavy atom. The van der Waals surface area contributed by atoms with Crippen molar-refractivity contribution in [1.82, 2.24) is 5.32 Å². The standard InChI is InChI=1S/C19H23NO2S/c1-19(2,3)16-7-11-9-20-13-5-4-10-6-14(21)15(22)8-12(10)17(13)18(11)23-16/h6-8,13,17,20-22H,4-5,9H2,1-3H3/t13-,17-/m0/s1. The fourth-order valence-corrected chi connectivity index (χ4v) is 5.26. The summed E-state index contributed by atoms with van der Waals surface area (Å²) in [6.07, 6.45) is 2.02. The molecule has 0 saturated carbocycles. The molecule has 3 nitrogen and oxygen atoms in total. The van der Waals surface area contributed by atoms with Crippen LogP contribution in [0.25, 0.3) is 0 Å². The Balaban J connectivity index is 1.87. The maximum Gasteiger partial charge on any atom is 0.157 e. The second kappa shape index (κ2) is 4.99. The summed E-state index contributed by atoms with van der Waals surface area (Å²) in [7, 11) is 0. The van der Waals surface area contributed by atoms with Crippen LogP contribution in [0.2, 0.25) is 0 Å². The smallest absolute Gasteiger partial charge is 0.157 e. The molecule has 0 spiro atoms. The van der Waals surface area contributed by atoms with E-state index in [1.165, 1.54) is 26.4 Å². The highest BCUT2D eigenvalue weighted by molar-refractivity contribution is 7.12. The van der Waals surface area contributed by atoms with Gasteiger partial charge >= 0.3 is 0 Å². The summed E-state index contributed by atoms with van der Waals surface area (Å²) in [5.41, 5.74) is 3.89. The molecule has 1 aromatic carbocycles. The molecule has 2 atom stereocenters. The molecule has 3 N–H and O–H groups in total. The van der Waals surface area contributed by atoms with Crippen molar-refractivity contribution in [1.29, 1.82) is 0 Å². The molecule has 23 heavy (non-hydrogen) atoms. The summed E-state index contributed by atoms with van der Waals surface area (Å²) in [4.78, 5) is 2.85. The summed E-state index contributed by atoms with van der Waals surface area (Å²) in [6, 6.07) is 6.28. The number of nitrogens with one attached hydrogen (secondary N) is 1. The number of thiophene rings is 1. The van der Waals surface area contributed by atoms with Gasteiger partial charge in [-0.05, 0) is 53.1 Å². The molecule has 2 heterocycles. The topological polar surface area (TPSA) is 52.5 Å². The van der Waals surface area contributed by atoms with Gasteiger partial charge in [0.1, 0.15) is 0 Å². The van der Waals surface area contributed by atoms with Crippen molar-refractivity contribution in [3.8, 4) is 11.5 Å². The molecule has 0 bridgehead atoms. The Kier molecular flexibility index (Phi) is 3.26. The fourth-order valence-electron chi connectivity index (χ4n) is 3.84. The Hall–Kier alpha value is -1.52. The first-order valence-electron chi connectivity index (χ1n) is 8.26. The van der Waals surface area contributed by atoms with E-state index >= 15 is 0 Å². The van der Waals surface area contributed by atoms with Crippen molar-refractivity contribution < 1.29 is 10.2 Å². The highest BCUT2D eigenvalue weighted by atomic mass is 32.1. The van der Waals surface area contributed by atoms with E-state index in [0.717, 1.165) is 19.4 Å². The van der Waals surface area contributed by atoms with Crippen molar-refractivity contribution in [2.45, 2.75) is 57.5 Å². The number of rotatable bonds is 0. The van der Waals surface area contributed by atoms with E-state index in [-0.39, 0.29) is 22.8 Å². The molecule has 0 radical (unpaired) electrons. The minimum atomic E-state index is -0.0101. The lowest BCUT2D eigenvalue weighted by atomic mass is 9.75. The molecule has 4 rings (SSSR count). The van der Waals surface area contributed by atoms with E-state index < -0.39 is 0 Å². The molecule has 2 aliphatic rings. The van der Waals surface area contributed by atoms with Crippen LogP contribution in [-0.2, 0) is 18.4 Å². The molecule has 122 valence electrons. The van der Waals surface area contributed by atoms with Gasteiger partial charge in [-0.15, -0.1) is 11.3 Å². The SMILES string of the molecule is CC(C)(C)c1cc2c(s1)[C@H]1c3cc(O)c(O)cc3CC[C@@H]1NC2. The van der Waals surface area contributed by atoms with Gasteiger partial charge in [0.25, 0.3) is 0 Å². The third kappa shape index (κ3) is 2.36. The van der Waals surface area contributed by atoms with Crippen LogP contribution in [0.3, 0.4) is 0 Å². The highest BCUT2D eigenvalue weighted by Gasteiger charge is 2.37. The van der Waals surface area contributed by atoms with E-state index in [1.807, 2.05) is 11.3 Å². The van der Waals surface area contributed by atoms with Crippen molar-refractivity contribution in [3.63, 3.8) is 0 Å². The normalized spacial score (nSPS) is 23.1. The number of benzene rings is 1. The minimum absolute atomic E-state index is 0.00671. The predicted molar refractivity (Wildman–Crippen MR) is 93.6 cm³/mol. The Morgan fingerprint density at radius 3 is 2.57 bits per heavy atom. The summed E-state index contributed by atoms with van der Waals surface area (Å²) in [6.45, 7) is 7.71. The van der Waals surface area contributed by atoms with Gasteiger partial charge in [-0.1, -0.05) is 20.8 Å². The van der Waals surface area contributed by atoms with Crippen LogP contribution in [0.15, 0.2) is 18.2 Å². The molecule has 1 aliphatic heterocycles. The molecule has 1 aromatic heterocycles. The highest BCUT2D eigenvalue weighted by Crippen LogP contribution is 2.48. The predicted octanol–water partition coefficient (Wildman–Crippen LogP) is 4.01. The Bertz CT molecular complexity index is 772. The maximum atomic E-state index is 9.98. The van der Waals surface area contributed by atoms with Gasteiger partial charge in [-0.2, -0.15) is 0 Å². The third-order valence-corrected chi connectivity index (χ3v) is 6.80. The molecular formula is C19H23NO2S. The third-order valence-electron chi connectivity index (χ3n) is 5.12. The lowest BCUT2D eigenvalue weighted by Gasteiger charge is -2.38. The first-order valence-corrected chi connectivity index (χ1v) is 9.07. The van der Waals surface area contributed by atoms with E-state index in [4.69, 9.17) is 0 Å². The summed E-state index contributed by atoms with van der Waals surface area (Å²) >= 11 is 1.92. The van der Waals surface area contributed by atoms with Crippen LogP contribution in [0.5, 0.6) is 11.5 Å². The van der Waals surface area contributed by atoms with Gasteiger partial charge in [-0.25, -0.2) is 0 Å². The largest absolute Gasteiger partial charge is 0.504 e. The van der Waals surface area contributed by atoms with Gasteiger partial charge in [0, 0.05) is 28.3 Å². The van der Waals surface area contributed by atoms with Crippen molar-refractivity contribution in [2.24, 2.45) is 0 Å². The minimum Gasteiger partial charge on any atom is -0.504 e. The lowest BCUT2D eigenvalue weighted by Crippen LogP contribution is -2.41. The molecule has 0 saturated heterocycles. The van der Waals surface area contributed by atoms with Crippen molar-refractivity contribution in [2.75, 3.05) is 0 Å². The molecular weight excluding hydrogens is 306 g/mol. The van der Waals surface area contributed by atoms with Gasteiger partial charge in [0.2, 0.25) is 0 Å². The molecule has 0 amide bonds. The van der Waals surface area contributed by atoms with E-state index in [2.05, 4.69) is 32.2 Å². The molecule has 4 heteroatoms. The van der Waals surface area contributed by atoms with Gasteiger partial charge in [0.15, 0.2) is 11.5 Å². The second-order valence-electron chi connectivity index (χ2n) is 7.79. The van der Waals surface area contributed by atoms with Crippen LogP contribution in [0.4, 0.5) is 0 Å². The van der Waals surface area contributed by atoms with Crippen molar-refractivity contribution >= 4 is 11.3 Å². The van der Waals surface area contributed by atoms with Gasteiger partial charge in [0.05, 0.1) is 0 Å². The number of fused-ring (bicyclic) bond motifs is 5. The number of hydrogen-bond donors (Lipinski definition) is 3. The Morgan fingerprint density at radius 2 is 1.83 bits per heavy atom. The maximum absolute atomic E-state index is 9.98. The molecule has 1 aliphatic carbocycles. The first kappa shape index (κ1) is 15.0. The van der Waals surface area contributed by atoms with Crippen LogP contribution in [-0.4, -0.2) is 16.3 Å². The summed E-state index contributed by atoms with van der Waals surface area (Å²) in [5, 5.41) is 23.5. The lowest BCUT2D eigenvalue weighted by molar-refractivity contribution is 0.383. The average Bonchev–Trinajstić information content (AvgIpc) is 2.92. The number of phenolic OH excluding ortho intramolecular Hbond substituents is 2. The van der Waals surface area contributed by atoms with Crippen LogP contribution in [0.1, 0.15) is 59.6 Å². The average molecular weight is 329 g/mol.